The summed E-state index contributed by atoms with van der Waals surface area (Å²) in [5.41, 5.74) is -0.0660. The number of benzene rings is 2. The molecule has 1 unspecified atom stereocenters. The Morgan fingerprint density at radius 3 is 2.57 bits per heavy atom. The quantitative estimate of drug-likeness (QED) is 0.155. The number of nitro benzene ring substituents is 1. The Labute approximate surface area is 239 Å². The van der Waals surface area contributed by atoms with Gasteiger partial charge in [0.05, 0.1) is 11.0 Å². The summed E-state index contributed by atoms with van der Waals surface area (Å²) in [4.78, 5) is 63.4. The highest BCUT2D eigenvalue weighted by Crippen LogP contribution is 2.30. The number of ether oxygens (including phenoxy) is 3. The van der Waals surface area contributed by atoms with Crippen LogP contribution in [0.15, 0.2) is 65.6 Å². The lowest BCUT2D eigenvalue weighted by atomic mass is 9.94. The number of aliphatic hydroxyl groups is 1. The molecular formula is C28H28N4O10. The first kappa shape index (κ1) is 30.0. The number of ketones is 1. The zero-order chi connectivity index (χ0) is 30.4. The number of nitro groups is 1. The molecule has 2 aromatic carbocycles. The fourth-order valence-corrected chi connectivity index (χ4v) is 4.41. The van der Waals surface area contributed by atoms with Gasteiger partial charge in [-0.15, -0.1) is 0 Å². The van der Waals surface area contributed by atoms with Crippen molar-refractivity contribution in [1.82, 2.24) is 9.55 Å². The van der Waals surface area contributed by atoms with E-state index in [1.54, 1.807) is 37.3 Å². The standard InChI is InChI=1S/C28H28N4O10/c1-16(20-12-19(8-9-21(20)32(38)39)26(35)18-6-4-3-5-7-18)14-40-28(37)41-15-23-22(34)13-25(42-23)31-11-10-24(29-17(2)33)30-27(31)36/h3-12,16,22-23,25,34H,13-15H2,1-2H3,(H,29,30,33,36)/t16?,22-,23+,25+/m0/s1. The number of aromatic nitrogens is 2. The first-order valence-electron chi connectivity index (χ1n) is 12.9. The molecule has 1 fully saturated rings. The maximum absolute atomic E-state index is 12.8. The van der Waals surface area contributed by atoms with Gasteiger partial charge in [-0.1, -0.05) is 37.3 Å². The van der Waals surface area contributed by atoms with E-state index >= 15 is 0 Å². The minimum absolute atomic E-state index is 0.0168. The zero-order valence-electron chi connectivity index (χ0n) is 22.7. The smallest absolute Gasteiger partial charge is 0.434 e. The second kappa shape index (κ2) is 13.1. The van der Waals surface area contributed by atoms with Crippen LogP contribution in [0.2, 0.25) is 0 Å². The molecule has 4 atom stereocenters. The Hall–Kier alpha value is -4.95. The van der Waals surface area contributed by atoms with E-state index in [4.69, 9.17) is 14.2 Å². The Balaban J connectivity index is 1.33. The van der Waals surface area contributed by atoms with Gasteiger partial charge in [-0.25, -0.2) is 9.59 Å². The summed E-state index contributed by atoms with van der Waals surface area (Å²) in [6.45, 7) is 2.19. The van der Waals surface area contributed by atoms with Gasteiger partial charge in [-0.2, -0.15) is 4.98 Å². The molecule has 1 amide bonds. The van der Waals surface area contributed by atoms with Gasteiger partial charge in [0, 0.05) is 48.2 Å². The van der Waals surface area contributed by atoms with Crippen LogP contribution in [-0.2, 0) is 19.0 Å². The first-order valence-corrected chi connectivity index (χ1v) is 12.9. The highest BCUT2D eigenvalue weighted by molar-refractivity contribution is 6.09. The lowest BCUT2D eigenvalue weighted by molar-refractivity contribution is -0.385. The van der Waals surface area contributed by atoms with E-state index in [9.17, 15) is 34.4 Å². The van der Waals surface area contributed by atoms with E-state index in [-0.39, 0.29) is 41.4 Å². The van der Waals surface area contributed by atoms with Crippen LogP contribution in [0.5, 0.6) is 0 Å². The molecule has 0 aliphatic carbocycles. The number of amides is 1. The minimum atomic E-state index is -1.10. The van der Waals surface area contributed by atoms with Crippen molar-refractivity contribution in [2.24, 2.45) is 0 Å². The van der Waals surface area contributed by atoms with Crippen LogP contribution in [-0.4, -0.2) is 62.8 Å². The van der Waals surface area contributed by atoms with Crippen LogP contribution in [0.1, 0.15) is 53.9 Å². The van der Waals surface area contributed by atoms with Crippen molar-refractivity contribution in [2.45, 2.75) is 44.6 Å². The SMILES string of the molecule is CC(=O)Nc1ccn([C@H]2C[C@H](O)[C@@H](COC(=O)OCC(C)c3cc(C(=O)c4ccccc4)ccc3[N+](=O)[O-])O2)c(=O)n1. The molecule has 14 nitrogen and oxygen atoms in total. The van der Waals surface area contributed by atoms with Gasteiger partial charge >= 0.3 is 11.8 Å². The normalized spacial score (nSPS) is 18.6. The summed E-state index contributed by atoms with van der Waals surface area (Å²) >= 11 is 0. The van der Waals surface area contributed by atoms with E-state index in [0.717, 1.165) is 4.57 Å². The van der Waals surface area contributed by atoms with Crippen molar-refractivity contribution in [3.05, 3.63) is 98.1 Å². The second-order valence-electron chi connectivity index (χ2n) is 9.61. The summed E-state index contributed by atoms with van der Waals surface area (Å²) in [5, 5.41) is 24.4. The average Bonchev–Trinajstić information content (AvgIpc) is 3.33. The number of aliphatic hydroxyl groups excluding tert-OH is 1. The highest BCUT2D eigenvalue weighted by Gasteiger charge is 2.36. The summed E-state index contributed by atoms with van der Waals surface area (Å²) in [7, 11) is 0. The van der Waals surface area contributed by atoms with Gasteiger partial charge in [0.15, 0.2) is 5.78 Å². The maximum atomic E-state index is 12.8. The molecule has 0 radical (unpaired) electrons. The van der Waals surface area contributed by atoms with E-state index in [2.05, 4.69) is 10.3 Å². The molecule has 4 rings (SSSR count). The van der Waals surface area contributed by atoms with Crippen molar-refractivity contribution in [3.8, 4) is 0 Å². The topological polar surface area (TPSA) is 189 Å². The Bertz CT molecular complexity index is 1540. The zero-order valence-corrected chi connectivity index (χ0v) is 22.7. The van der Waals surface area contributed by atoms with Gasteiger partial charge in [-0.05, 0) is 18.2 Å². The number of hydrogen-bond donors (Lipinski definition) is 2. The molecule has 220 valence electrons. The van der Waals surface area contributed by atoms with Gasteiger partial charge < -0.3 is 24.6 Å². The van der Waals surface area contributed by atoms with E-state index in [0.29, 0.717) is 5.56 Å². The van der Waals surface area contributed by atoms with Crippen molar-refractivity contribution in [1.29, 1.82) is 0 Å². The Morgan fingerprint density at radius 1 is 1.17 bits per heavy atom. The third-order valence-electron chi connectivity index (χ3n) is 6.52. The Kier molecular flexibility index (Phi) is 9.39. The van der Waals surface area contributed by atoms with Crippen LogP contribution in [0.25, 0.3) is 0 Å². The fourth-order valence-electron chi connectivity index (χ4n) is 4.41. The predicted molar refractivity (Wildman–Crippen MR) is 146 cm³/mol. The van der Waals surface area contributed by atoms with Crippen LogP contribution >= 0.6 is 0 Å². The highest BCUT2D eigenvalue weighted by atomic mass is 16.7. The molecule has 1 saturated heterocycles. The van der Waals surface area contributed by atoms with Crippen LogP contribution in [0, 0.1) is 10.1 Å². The number of rotatable bonds is 10. The molecular weight excluding hydrogens is 552 g/mol. The molecule has 1 aliphatic heterocycles. The largest absolute Gasteiger partial charge is 0.508 e. The molecule has 1 aromatic heterocycles. The minimum Gasteiger partial charge on any atom is -0.434 e. The number of hydrogen-bond acceptors (Lipinski definition) is 11. The van der Waals surface area contributed by atoms with Crippen LogP contribution in [0.4, 0.5) is 16.3 Å². The summed E-state index contributed by atoms with van der Waals surface area (Å²) in [6.07, 6.45) is -2.65. The van der Waals surface area contributed by atoms with Crippen LogP contribution < -0.4 is 11.0 Å². The van der Waals surface area contributed by atoms with Crippen molar-refractivity contribution >= 4 is 29.4 Å². The third kappa shape index (κ3) is 7.21. The number of nitrogens with one attached hydrogen (secondary N) is 1. The Morgan fingerprint density at radius 2 is 1.90 bits per heavy atom. The first-order chi connectivity index (χ1) is 20.0. The monoisotopic (exact) mass is 580 g/mol. The molecule has 0 bridgehead atoms. The van der Waals surface area contributed by atoms with Crippen LogP contribution in [0.3, 0.4) is 0 Å². The average molecular weight is 581 g/mol. The number of anilines is 1. The molecule has 2 N–H and O–H groups in total. The lowest BCUT2D eigenvalue weighted by Crippen LogP contribution is -2.29. The molecule has 3 aromatic rings. The van der Waals surface area contributed by atoms with Crippen molar-refractivity contribution in [3.63, 3.8) is 0 Å². The molecule has 0 spiro atoms. The molecule has 0 saturated carbocycles. The molecule has 42 heavy (non-hydrogen) atoms. The van der Waals surface area contributed by atoms with E-state index in [1.807, 2.05) is 0 Å². The fraction of sp³-hybridized carbons (Fsp3) is 0.321. The molecule has 14 heteroatoms. The van der Waals surface area contributed by atoms with Gasteiger partial charge in [-0.3, -0.25) is 24.3 Å². The summed E-state index contributed by atoms with van der Waals surface area (Å²) < 4.78 is 17.0. The summed E-state index contributed by atoms with van der Waals surface area (Å²) in [6, 6.07) is 13.9. The van der Waals surface area contributed by atoms with Crippen molar-refractivity contribution in [2.75, 3.05) is 18.5 Å². The van der Waals surface area contributed by atoms with E-state index in [1.165, 1.54) is 37.4 Å². The maximum Gasteiger partial charge on any atom is 0.508 e. The predicted octanol–water partition coefficient (Wildman–Crippen LogP) is 2.95. The van der Waals surface area contributed by atoms with Gasteiger partial charge in [0.25, 0.3) is 5.69 Å². The lowest BCUT2D eigenvalue weighted by Gasteiger charge is -2.17. The number of nitrogens with zero attached hydrogens (tertiary/aromatic N) is 3. The third-order valence-corrected chi connectivity index (χ3v) is 6.52. The van der Waals surface area contributed by atoms with Crippen molar-refractivity contribution < 1.29 is 38.6 Å². The number of carbonyl (C=O) groups excluding carboxylic acids is 3. The second-order valence-corrected chi connectivity index (χ2v) is 9.61. The van der Waals surface area contributed by atoms with Gasteiger partial charge in [0.2, 0.25) is 5.91 Å². The van der Waals surface area contributed by atoms with Gasteiger partial charge in [0.1, 0.15) is 31.4 Å². The molecule has 1 aliphatic rings. The number of carbonyl (C=O) groups is 3. The summed E-state index contributed by atoms with van der Waals surface area (Å²) in [5.74, 6) is -1.30. The molecule has 2 heterocycles. The van der Waals surface area contributed by atoms with E-state index < -0.39 is 53.6 Å².